The normalized spacial score (nSPS) is 17.9. The van der Waals surface area contributed by atoms with Crippen LogP contribution in [-0.4, -0.2) is 12.2 Å². The number of hydrogen-bond donors (Lipinski definition) is 0. The van der Waals surface area contributed by atoms with Gasteiger partial charge in [0, 0.05) is 17.4 Å². The minimum atomic E-state index is -0.826. The number of rotatable bonds is 16. The summed E-state index contributed by atoms with van der Waals surface area (Å²) < 4.78 is 5.82. The number of fused-ring (bicyclic) bond motifs is 12. The largest absolute Gasteiger partial charge is 0.213 e. The number of allylic oxidation sites excluding steroid dienone is 6. The number of ether oxygens (including phenoxy) is 1. The molecule has 0 radical (unpaired) electrons. The Kier molecular flexibility index (Phi) is 30.3. The van der Waals surface area contributed by atoms with E-state index in [0.717, 1.165) is 19.4 Å². The standard InChI is InChI=1S/C28H38O.C28H28.C25H20.C24H22.6ClH.3Zr/c1-25(2,3)29-19-11-7-6-8-12-22-15-17-27(20-22)21-28(26(27,4)5)18-16-23-13-9-10-14-24(23)28;1-2-3-11-21-16-17-22(20-21)28(18-9-4-10-19-28)27-25-14-7-5-12-23(25)24-13-6-8-15-26(24)27;1-25(2,23-16-15-17-9-3-4-10-18(17)23)24-21-13-7-5-11-19(21)20-12-6-8-14-22(20)24;1-8-16-24(17-9-1,18-10-2-3-11-18)23-21-14-6-4-12-19(21)20-13-5-7-15-22(20)23;;;;;;;;;/h9-10,13-18,20H,6-8,11-12,19,21H2,1-5H3;2,5-8,12-17,20H,1,3-4,9-11,18-19H2;3-16H,1-2H3;2-7,10-15H,1,8-9,16-17H2;6*1H;;;/q;3*-2;;;;;;;3*+4/p-6. The Morgan fingerprint density at radius 3 is 1.38 bits per heavy atom. The Bertz CT molecular complexity index is 5460. The van der Waals surface area contributed by atoms with Crippen LogP contribution in [0.4, 0.5) is 0 Å². The number of unbranched alkanes of at least 4 members (excludes halogenated alkanes) is 3. The summed E-state index contributed by atoms with van der Waals surface area (Å²) in [4.78, 5) is 0. The van der Waals surface area contributed by atoms with Crippen LogP contribution in [0.2, 0.25) is 0 Å². The maximum absolute atomic E-state index is 5.82. The Morgan fingerprint density at radius 2 is 0.887 bits per heavy atom. The van der Waals surface area contributed by atoms with E-state index in [2.05, 4.69) is 334 Å². The summed E-state index contributed by atoms with van der Waals surface area (Å²) in [5.74, 6) is 0. The average Bonchev–Trinajstić information content (AvgIpc) is 1.50. The first-order valence-corrected chi connectivity index (χ1v) is 60.5. The molecule has 0 N–H and O–H groups in total. The molecule has 0 saturated heterocycles. The van der Waals surface area contributed by atoms with E-state index in [9.17, 15) is 0 Å². The molecule has 1 nitrogen and oxygen atoms in total. The van der Waals surface area contributed by atoms with Crippen molar-refractivity contribution in [3.05, 3.63) is 341 Å². The van der Waals surface area contributed by atoms with Crippen molar-refractivity contribution in [3.8, 4) is 0 Å². The van der Waals surface area contributed by atoms with Gasteiger partial charge in [0.2, 0.25) is 0 Å². The van der Waals surface area contributed by atoms with Crippen LogP contribution in [0.5, 0.6) is 0 Å². The van der Waals surface area contributed by atoms with Gasteiger partial charge in [0.1, 0.15) is 0 Å². The molecule has 5 aliphatic rings. The van der Waals surface area contributed by atoms with Gasteiger partial charge in [-0.3, -0.25) is 0 Å². The van der Waals surface area contributed by atoms with Gasteiger partial charge >= 0.3 is 114 Å². The fraction of sp³-hybridized carbons (Fsp3) is 0.314. The van der Waals surface area contributed by atoms with Gasteiger partial charge < -0.3 is 4.74 Å². The van der Waals surface area contributed by atoms with Crippen molar-refractivity contribution in [2.24, 2.45) is 10.8 Å². The molecule has 14 aromatic carbocycles. The average molecular weight is 1870 g/mol. The van der Waals surface area contributed by atoms with E-state index >= 15 is 0 Å². The van der Waals surface area contributed by atoms with E-state index in [4.69, 9.17) is 55.8 Å². The van der Waals surface area contributed by atoms with Crippen molar-refractivity contribution < 1.29 is 67.3 Å². The van der Waals surface area contributed by atoms with Crippen LogP contribution in [0, 0.1) is 10.8 Å². The maximum atomic E-state index is 5.82. The first-order valence-electron chi connectivity index (χ1n) is 41.5. The minimum Gasteiger partial charge on any atom is -0.213 e. The van der Waals surface area contributed by atoms with Gasteiger partial charge in [-0.2, -0.15) is 47.0 Å². The monoisotopic (exact) mass is 1860 g/mol. The summed E-state index contributed by atoms with van der Waals surface area (Å²) in [5, 5.41) is 19.6. The van der Waals surface area contributed by atoms with Crippen molar-refractivity contribution in [1.29, 1.82) is 0 Å². The number of hydrogen-bond acceptors (Lipinski definition) is 1. The number of aryl methyl sites for hydroxylation is 1. The molecule has 0 aliphatic heterocycles. The summed E-state index contributed by atoms with van der Waals surface area (Å²) >= 11 is -2.48. The molecular weight excluding hydrogens is 1760 g/mol. The van der Waals surface area contributed by atoms with E-state index < -0.39 is 62.5 Å². The van der Waals surface area contributed by atoms with Crippen molar-refractivity contribution in [1.82, 2.24) is 0 Å². The third-order valence-electron chi connectivity index (χ3n) is 26.4. The van der Waals surface area contributed by atoms with E-state index in [1.807, 2.05) is 6.08 Å². The summed E-state index contributed by atoms with van der Waals surface area (Å²) in [6.07, 6.45) is 37.1. The fourth-order valence-electron chi connectivity index (χ4n) is 21.0. The Morgan fingerprint density at radius 1 is 0.443 bits per heavy atom. The SMILES string of the molecule is C=CCCc1cc[c-](C2([c-]3c4ccccc4c4ccccc43)CCCCC2)c1.CC(C)(C)OCCCCCCC1=CC2(C=C1)CC1(C=Cc3ccccc31)C2(C)C.CC(C)([c-]1ccc2ccccc21)[c-]1c2ccccc2c2ccccc21.[Cl][Zr+2][Cl].[Cl][Zr+2][Cl].[Cl][Zr+2][Cl].c1ccc2c(c1)c1ccccc1[c-]2C1([c-]2cccc2)CCCCC1. The zero-order chi connectivity index (χ0) is 80.9. The van der Waals surface area contributed by atoms with E-state index in [-0.39, 0.29) is 38.1 Å². The molecule has 115 heavy (non-hydrogen) atoms. The van der Waals surface area contributed by atoms with Gasteiger partial charge in [-0.05, 0) is 74.8 Å². The zero-order valence-electron chi connectivity index (χ0n) is 68.0. The topological polar surface area (TPSA) is 9.23 Å². The molecule has 0 bridgehead atoms. The van der Waals surface area contributed by atoms with Crippen LogP contribution >= 0.6 is 51.1 Å². The Balaban J connectivity index is 0.000000129. The van der Waals surface area contributed by atoms with Gasteiger partial charge in [0.25, 0.3) is 0 Å². The molecule has 5 aliphatic carbocycles. The molecule has 0 aromatic heterocycles. The van der Waals surface area contributed by atoms with Gasteiger partial charge in [0.15, 0.2) is 0 Å². The molecule has 3 fully saturated rings. The third-order valence-corrected chi connectivity index (χ3v) is 26.4. The maximum Gasteiger partial charge on any atom is -0.0524 e. The summed E-state index contributed by atoms with van der Waals surface area (Å²) in [5.41, 5.74) is 15.9. The quantitative estimate of drug-likeness (QED) is 0.0532. The van der Waals surface area contributed by atoms with Crippen LogP contribution in [-0.2, 0) is 95.4 Å². The predicted molar refractivity (Wildman–Crippen MR) is 492 cm³/mol. The van der Waals surface area contributed by atoms with Gasteiger partial charge in [0.05, 0.1) is 5.60 Å². The molecule has 588 valence electrons. The predicted octanol–water partition coefficient (Wildman–Crippen LogP) is 33.1. The smallest absolute Gasteiger partial charge is 0.0524 e. The zero-order valence-corrected chi connectivity index (χ0v) is 79.9. The second-order valence-corrected chi connectivity index (χ2v) is 45.5. The Hall–Kier alpha value is -5.01. The van der Waals surface area contributed by atoms with Gasteiger partial charge in [-0.25, -0.2) is 18.2 Å². The minimum absolute atomic E-state index is 0.00424. The fourth-order valence-corrected chi connectivity index (χ4v) is 21.0. The van der Waals surface area contributed by atoms with Crippen molar-refractivity contribution in [2.75, 3.05) is 6.61 Å². The third kappa shape index (κ3) is 18.2. The van der Waals surface area contributed by atoms with Crippen molar-refractivity contribution in [2.45, 2.75) is 191 Å². The number of halogens is 6. The van der Waals surface area contributed by atoms with Crippen molar-refractivity contribution >= 4 is 133 Å². The molecule has 14 aromatic rings. The summed E-state index contributed by atoms with van der Waals surface area (Å²) in [6, 6.07) is 92.4. The summed E-state index contributed by atoms with van der Waals surface area (Å²) in [7, 11) is 29.6. The van der Waals surface area contributed by atoms with Crippen LogP contribution in [0.1, 0.15) is 208 Å². The molecule has 3 saturated carbocycles. The first kappa shape index (κ1) is 87.8. The molecule has 2 spiro atoms. The van der Waals surface area contributed by atoms with Crippen LogP contribution in [0.3, 0.4) is 0 Å². The summed E-state index contributed by atoms with van der Waals surface area (Å²) in [6.45, 7) is 20.9. The van der Waals surface area contributed by atoms with Crippen molar-refractivity contribution in [3.63, 3.8) is 0 Å². The van der Waals surface area contributed by atoms with Gasteiger partial charge in [-0.1, -0.05) is 304 Å². The second-order valence-electron chi connectivity index (χ2n) is 34.3. The molecule has 0 heterocycles. The molecule has 10 heteroatoms. The van der Waals surface area contributed by atoms with Crippen LogP contribution in [0.15, 0.2) is 291 Å². The van der Waals surface area contributed by atoms with Gasteiger partial charge in [-0.15, -0.1) is 165 Å². The first-order chi connectivity index (χ1) is 55.8. The second kappa shape index (κ2) is 39.7. The van der Waals surface area contributed by atoms with E-state index in [0.29, 0.717) is 0 Å². The van der Waals surface area contributed by atoms with E-state index in [1.165, 1.54) is 217 Å². The molecule has 2 unspecified atom stereocenters. The molecule has 0 amide bonds. The number of benzene rings is 8. The van der Waals surface area contributed by atoms with E-state index in [1.54, 1.807) is 16.7 Å². The molecular formula is C105H108Cl6OZr3. The Labute approximate surface area is 741 Å². The van der Waals surface area contributed by atoms with Crippen LogP contribution in [0.25, 0.3) is 81.5 Å². The van der Waals surface area contributed by atoms with Crippen LogP contribution < -0.4 is 0 Å². The molecule has 2 atom stereocenters. The molecule has 19 rings (SSSR count).